The van der Waals surface area contributed by atoms with Gasteiger partial charge in [0.1, 0.15) is 0 Å². The largest absolute Gasteiger partial charge is 0.318 e. The zero-order valence-electron chi connectivity index (χ0n) is 21.2. The van der Waals surface area contributed by atoms with Crippen LogP contribution in [-0.2, 0) is 21.2 Å². The summed E-state index contributed by atoms with van der Waals surface area (Å²) in [5, 5.41) is 4.54. The van der Waals surface area contributed by atoms with Gasteiger partial charge in [0.05, 0.1) is 17.7 Å². The molecule has 0 unspecified atom stereocenters. The molecule has 4 aromatic rings. The van der Waals surface area contributed by atoms with Gasteiger partial charge in [-0.3, -0.25) is 4.79 Å². The molecule has 0 bridgehead atoms. The zero-order valence-corrected chi connectivity index (χ0v) is 22.8. The molecule has 1 N–H and O–H groups in total. The van der Waals surface area contributed by atoms with Crippen LogP contribution in [0.3, 0.4) is 0 Å². The zero-order chi connectivity index (χ0) is 27.1. The highest BCUT2D eigenvalue weighted by molar-refractivity contribution is 7.89. The first-order valence-electron chi connectivity index (χ1n) is 12.1. The van der Waals surface area contributed by atoms with Gasteiger partial charge in [-0.2, -0.15) is 9.41 Å². The molecule has 0 spiro atoms. The number of benzene rings is 3. The molecule has 0 aliphatic heterocycles. The number of para-hydroxylation sites is 1. The van der Waals surface area contributed by atoms with Crippen LogP contribution in [0.1, 0.15) is 22.5 Å². The van der Waals surface area contributed by atoms with Gasteiger partial charge < -0.3 is 4.57 Å². The maximum Gasteiger partial charge on any atom is 0.255 e. The van der Waals surface area contributed by atoms with E-state index in [1.165, 1.54) is 24.3 Å². The van der Waals surface area contributed by atoms with Crippen LogP contribution >= 0.6 is 11.6 Å². The van der Waals surface area contributed by atoms with Crippen molar-refractivity contribution in [3.8, 4) is 5.69 Å². The third kappa shape index (κ3) is 6.58. The van der Waals surface area contributed by atoms with Crippen LogP contribution in [0, 0.1) is 13.8 Å². The lowest BCUT2D eigenvalue weighted by Crippen LogP contribution is -2.40. The van der Waals surface area contributed by atoms with Crippen LogP contribution in [0.5, 0.6) is 0 Å². The minimum absolute atomic E-state index is 0.0691. The average Bonchev–Trinajstić information content (AvgIpc) is 3.20. The molecule has 196 valence electrons. The summed E-state index contributed by atoms with van der Waals surface area (Å²) >= 11 is 5.94. The molecule has 0 radical (unpaired) electrons. The van der Waals surface area contributed by atoms with Gasteiger partial charge in [0.15, 0.2) is 0 Å². The number of hydrazone groups is 1. The minimum Gasteiger partial charge on any atom is -0.318 e. The van der Waals surface area contributed by atoms with Gasteiger partial charge in [-0.05, 0) is 68.3 Å². The van der Waals surface area contributed by atoms with Crippen molar-refractivity contribution in [2.24, 2.45) is 5.10 Å². The summed E-state index contributed by atoms with van der Waals surface area (Å²) < 4.78 is 30.0. The molecule has 0 aliphatic rings. The third-order valence-corrected chi connectivity index (χ3v) is 8.25. The van der Waals surface area contributed by atoms with E-state index in [2.05, 4.69) is 15.1 Å². The number of aryl methyl sites for hydroxylation is 1. The summed E-state index contributed by atoms with van der Waals surface area (Å²) in [6.07, 6.45) is 2.03. The average molecular weight is 549 g/mol. The summed E-state index contributed by atoms with van der Waals surface area (Å²) in [5.41, 5.74) is 7.34. The number of hydrogen-bond donors (Lipinski definition) is 1. The Morgan fingerprint density at radius 1 is 0.974 bits per heavy atom. The quantitative estimate of drug-likeness (QED) is 0.220. The number of hydrogen-bond acceptors (Lipinski definition) is 4. The molecular weight excluding hydrogens is 520 g/mol. The van der Waals surface area contributed by atoms with Gasteiger partial charge in [-0.25, -0.2) is 13.8 Å². The van der Waals surface area contributed by atoms with Crippen molar-refractivity contribution in [1.82, 2.24) is 14.3 Å². The SMILES string of the molecule is Cc1cc(/C=N\NC(=O)CN(CCc2ccccc2)S(=O)(=O)c2ccc(Cl)cc2)c(C)n1-c1ccccc1. The second kappa shape index (κ2) is 12.2. The number of sulfonamides is 1. The summed E-state index contributed by atoms with van der Waals surface area (Å²) in [6.45, 7) is 3.73. The summed E-state index contributed by atoms with van der Waals surface area (Å²) in [4.78, 5) is 12.9. The number of aromatic nitrogens is 1. The van der Waals surface area contributed by atoms with Crippen molar-refractivity contribution >= 4 is 33.7 Å². The molecule has 0 aliphatic carbocycles. The summed E-state index contributed by atoms with van der Waals surface area (Å²) in [5.74, 6) is -0.538. The number of amides is 1. The van der Waals surface area contributed by atoms with E-state index in [1.54, 1.807) is 6.21 Å². The van der Waals surface area contributed by atoms with Crippen LogP contribution in [0.15, 0.2) is 101 Å². The van der Waals surface area contributed by atoms with Crippen molar-refractivity contribution < 1.29 is 13.2 Å². The normalized spacial score (nSPS) is 11.8. The molecular formula is C29H29ClN4O3S. The Balaban J connectivity index is 1.48. The molecule has 0 fully saturated rings. The van der Waals surface area contributed by atoms with Gasteiger partial charge in [0, 0.05) is 34.2 Å². The smallest absolute Gasteiger partial charge is 0.255 e. The maximum atomic E-state index is 13.4. The Morgan fingerprint density at radius 3 is 2.26 bits per heavy atom. The van der Waals surface area contributed by atoms with Crippen molar-refractivity contribution in [2.75, 3.05) is 13.1 Å². The van der Waals surface area contributed by atoms with Crippen LogP contribution < -0.4 is 5.43 Å². The van der Waals surface area contributed by atoms with Gasteiger partial charge in [0.25, 0.3) is 5.91 Å². The predicted octanol–water partition coefficient (Wildman–Crippen LogP) is 5.13. The number of nitrogens with one attached hydrogen (secondary N) is 1. The molecule has 9 heteroatoms. The molecule has 1 heterocycles. The standard InChI is InChI=1S/C29H29ClN4O3S/c1-22-19-25(23(2)34(22)27-11-7-4-8-12-27)20-31-32-29(35)21-33(18-17-24-9-5-3-6-10-24)38(36,37)28-15-13-26(30)14-16-28/h3-16,19-20H,17-18,21H2,1-2H3,(H,32,35)/b31-20-. The Morgan fingerprint density at radius 2 is 1.61 bits per heavy atom. The number of nitrogens with zero attached hydrogens (tertiary/aromatic N) is 3. The lowest BCUT2D eigenvalue weighted by atomic mass is 10.1. The van der Waals surface area contributed by atoms with Crippen LogP contribution in [0.2, 0.25) is 5.02 Å². The van der Waals surface area contributed by atoms with E-state index < -0.39 is 15.9 Å². The Kier molecular flexibility index (Phi) is 8.78. The van der Waals surface area contributed by atoms with E-state index in [9.17, 15) is 13.2 Å². The lowest BCUT2D eigenvalue weighted by molar-refractivity contribution is -0.121. The fourth-order valence-corrected chi connectivity index (χ4v) is 5.72. The first-order valence-corrected chi connectivity index (χ1v) is 13.9. The lowest BCUT2D eigenvalue weighted by Gasteiger charge is -2.21. The number of rotatable bonds is 10. The highest BCUT2D eigenvalue weighted by atomic mass is 35.5. The van der Waals surface area contributed by atoms with Crippen molar-refractivity contribution in [3.05, 3.63) is 119 Å². The van der Waals surface area contributed by atoms with Gasteiger partial charge in [-0.1, -0.05) is 60.1 Å². The summed E-state index contributed by atoms with van der Waals surface area (Å²) in [7, 11) is -3.94. The van der Waals surface area contributed by atoms with Gasteiger partial charge in [0.2, 0.25) is 10.0 Å². The fraction of sp³-hybridized carbons (Fsp3) is 0.172. The van der Waals surface area contributed by atoms with Crippen molar-refractivity contribution in [3.63, 3.8) is 0 Å². The van der Waals surface area contributed by atoms with Gasteiger partial charge in [-0.15, -0.1) is 0 Å². The molecule has 0 saturated heterocycles. The van der Waals surface area contributed by atoms with E-state index in [0.29, 0.717) is 11.4 Å². The monoisotopic (exact) mass is 548 g/mol. The Bertz CT molecular complexity index is 1520. The van der Waals surface area contributed by atoms with E-state index in [1.807, 2.05) is 80.6 Å². The van der Waals surface area contributed by atoms with E-state index in [4.69, 9.17) is 11.6 Å². The fourth-order valence-electron chi connectivity index (χ4n) is 4.20. The minimum atomic E-state index is -3.94. The van der Waals surface area contributed by atoms with Crippen LogP contribution in [-0.4, -0.2) is 42.5 Å². The molecule has 1 amide bonds. The first kappa shape index (κ1) is 27.3. The Labute approximate surface area is 228 Å². The summed E-state index contributed by atoms with van der Waals surface area (Å²) in [6, 6.07) is 27.4. The predicted molar refractivity (Wildman–Crippen MR) is 151 cm³/mol. The molecule has 38 heavy (non-hydrogen) atoms. The maximum absolute atomic E-state index is 13.4. The first-order chi connectivity index (χ1) is 18.3. The highest BCUT2D eigenvalue weighted by Crippen LogP contribution is 2.20. The topological polar surface area (TPSA) is 83.8 Å². The molecule has 7 nitrogen and oxygen atoms in total. The second-order valence-electron chi connectivity index (χ2n) is 8.82. The van der Waals surface area contributed by atoms with E-state index >= 15 is 0 Å². The number of carbonyl (C=O) groups is 1. The molecule has 1 aromatic heterocycles. The third-order valence-electron chi connectivity index (χ3n) is 6.14. The number of carbonyl (C=O) groups excluding carboxylic acids is 1. The van der Waals surface area contributed by atoms with E-state index in [0.717, 1.165) is 32.5 Å². The van der Waals surface area contributed by atoms with Crippen molar-refractivity contribution in [1.29, 1.82) is 0 Å². The van der Waals surface area contributed by atoms with Crippen LogP contribution in [0.25, 0.3) is 5.69 Å². The molecule has 0 saturated carbocycles. The second-order valence-corrected chi connectivity index (χ2v) is 11.2. The van der Waals surface area contributed by atoms with Crippen molar-refractivity contribution in [2.45, 2.75) is 25.2 Å². The van der Waals surface area contributed by atoms with Crippen LogP contribution in [0.4, 0.5) is 0 Å². The molecule has 4 rings (SSSR count). The molecule has 0 atom stereocenters. The van der Waals surface area contributed by atoms with E-state index in [-0.39, 0.29) is 18.0 Å². The molecule has 3 aromatic carbocycles. The Hall–Kier alpha value is -3.72. The number of halogens is 1. The highest BCUT2D eigenvalue weighted by Gasteiger charge is 2.26. The van der Waals surface area contributed by atoms with Gasteiger partial charge >= 0.3 is 0 Å².